The molecule has 1 aliphatic rings. The summed E-state index contributed by atoms with van der Waals surface area (Å²) in [7, 11) is 2.19. The van der Waals surface area contributed by atoms with Gasteiger partial charge in [0.1, 0.15) is 5.82 Å². The molecule has 1 fully saturated rings. The van der Waals surface area contributed by atoms with Gasteiger partial charge in [-0.1, -0.05) is 13.8 Å². The van der Waals surface area contributed by atoms with E-state index in [0.29, 0.717) is 17.2 Å². The molecule has 0 saturated carbocycles. The van der Waals surface area contributed by atoms with Crippen molar-refractivity contribution in [1.82, 2.24) is 19.8 Å². The highest BCUT2D eigenvalue weighted by atomic mass is 35.5. The topological polar surface area (TPSA) is 44.3 Å². The van der Waals surface area contributed by atoms with Crippen molar-refractivity contribution >= 4 is 17.4 Å². The van der Waals surface area contributed by atoms with Crippen LogP contribution in [0.3, 0.4) is 0 Å². The number of halogens is 1. The highest BCUT2D eigenvalue weighted by Crippen LogP contribution is 2.16. The Balaban J connectivity index is 1.96. The molecule has 6 heteroatoms. The number of anilines is 1. The van der Waals surface area contributed by atoms with Gasteiger partial charge in [-0.05, 0) is 31.5 Å². The van der Waals surface area contributed by atoms with Gasteiger partial charge in [-0.3, -0.25) is 4.90 Å². The van der Waals surface area contributed by atoms with Gasteiger partial charge in [0, 0.05) is 50.5 Å². The number of rotatable bonds is 5. The first-order chi connectivity index (χ1) is 9.95. The third-order valence-corrected chi connectivity index (χ3v) is 4.26. The quantitative estimate of drug-likeness (QED) is 0.844. The van der Waals surface area contributed by atoms with E-state index in [-0.39, 0.29) is 0 Å². The van der Waals surface area contributed by atoms with Gasteiger partial charge in [0.05, 0.1) is 0 Å². The van der Waals surface area contributed by atoms with Crippen molar-refractivity contribution in [1.29, 1.82) is 0 Å². The van der Waals surface area contributed by atoms with Gasteiger partial charge in [0.15, 0.2) is 0 Å². The standard InChI is InChI=1S/C15H26ClN5/c1-11(2)13(21-7-5-20(4)6-8-21)10-17-14-9-12(3)18-15(16)19-14/h9,11,13H,5-8,10H2,1-4H3,(H,17,18,19). The fraction of sp³-hybridized carbons (Fsp3) is 0.733. The largest absolute Gasteiger partial charge is 0.368 e. The molecule has 0 aromatic carbocycles. The SMILES string of the molecule is Cc1cc(NCC(C(C)C)N2CCN(C)CC2)nc(Cl)n1. The van der Waals surface area contributed by atoms with E-state index in [9.17, 15) is 0 Å². The Labute approximate surface area is 132 Å². The Morgan fingerprint density at radius 1 is 1.24 bits per heavy atom. The molecular formula is C15H26ClN5. The van der Waals surface area contributed by atoms with Crippen LogP contribution in [0.2, 0.25) is 5.28 Å². The Kier molecular flexibility index (Phi) is 5.79. The van der Waals surface area contributed by atoms with Gasteiger partial charge in [0.2, 0.25) is 5.28 Å². The van der Waals surface area contributed by atoms with Crippen LogP contribution in [0.25, 0.3) is 0 Å². The third-order valence-electron chi connectivity index (χ3n) is 4.10. The summed E-state index contributed by atoms with van der Waals surface area (Å²) in [6.07, 6.45) is 0. The molecule has 1 aromatic heterocycles. The van der Waals surface area contributed by atoms with E-state index < -0.39 is 0 Å². The minimum Gasteiger partial charge on any atom is -0.368 e. The van der Waals surface area contributed by atoms with Gasteiger partial charge in [-0.2, -0.15) is 0 Å². The first-order valence-corrected chi connectivity index (χ1v) is 8.01. The maximum Gasteiger partial charge on any atom is 0.224 e. The molecule has 118 valence electrons. The summed E-state index contributed by atoms with van der Waals surface area (Å²) in [4.78, 5) is 13.3. The zero-order chi connectivity index (χ0) is 15.4. The summed E-state index contributed by atoms with van der Waals surface area (Å²) in [5.41, 5.74) is 0.887. The van der Waals surface area contributed by atoms with Crippen molar-refractivity contribution in [2.24, 2.45) is 5.92 Å². The van der Waals surface area contributed by atoms with Crippen LogP contribution < -0.4 is 5.32 Å². The van der Waals surface area contributed by atoms with Crippen LogP contribution >= 0.6 is 11.6 Å². The predicted molar refractivity (Wildman–Crippen MR) is 88.0 cm³/mol. The van der Waals surface area contributed by atoms with Crippen molar-refractivity contribution in [2.45, 2.75) is 26.8 Å². The smallest absolute Gasteiger partial charge is 0.224 e. The summed E-state index contributed by atoms with van der Waals surface area (Å²) in [5.74, 6) is 1.41. The lowest BCUT2D eigenvalue weighted by Crippen LogP contribution is -2.52. The van der Waals surface area contributed by atoms with Crippen molar-refractivity contribution in [3.8, 4) is 0 Å². The summed E-state index contributed by atoms with van der Waals surface area (Å²) in [6.45, 7) is 11.9. The van der Waals surface area contributed by atoms with Crippen LogP contribution in [0, 0.1) is 12.8 Å². The van der Waals surface area contributed by atoms with Crippen LogP contribution in [0.15, 0.2) is 6.07 Å². The Bertz CT molecular complexity index is 437. The molecule has 1 N–H and O–H groups in total. The van der Waals surface area contributed by atoms with Crippen LogP contribution in [0.5, 0.6) is 0 Å². The molecule has 0 bridgehead atoms. The zero-order valence-corrected chi connectivity index (χ0v) is 14.2. The van der Waals surface area contributed by atoms with Gasteiger partial charge >= 0.3 is 0 Å². The van der Waals surface area contributed by atoms with E-state index in [0.717, 1.165) is 44.2 Å². The van der Waals surface area contributed by atoms with Crippen molar-refractivity contribution < 1.29 is 0 Å². The van der Waals surface area contributed by atoms with E-state index in [1.807, 2.05) is 13.0 Å². The lowest BCUT2D eigenvalue weighted by atomic mass is 10.0. The average Bonchev–Trinajstić information content (AvgIpc) is 2.39. The summed E-state index contributed by atoms with van der Waals surface area (Å²) in [5, 5.41) is 3.73. The maximum absolute atomic E-state index is 5.91. The summed E-state index contributed by atoms with van der Waals surface area (Å²) < 4.78 is 0. The molecule has 1 atom stereocenters. The molecular weight excluding hydrogens is 286 g/mol. The number of aromatic nitrogens is 2. The number of piperazine rings is 1. The first kappa shape index (κ1) is 16.5. The number of nitrogens with zero attached hydrogens (tertiary/aromatic N) is 4. The highest BCUT2D eigenvalue weighted by molar-refractivity contribution is 6.28. The average molecular weight is 312 g/mol. The maximum atomic E-state index is 5.91. The fourth-order valence-corrected chi connectivity index (χ4v) is 3.00. The molecule has 0 spiro atoms. The van der Waals surface area contributed by atoms with Gasteiger partial charge in [0.25, 0.3) is 0 Å². The summed E-state index contributed by atoms with van der Waals surface area (Å²) >= 11 is 5.91. The Hall–Kier alpha value is -0.910. The first-order valence-electron chi connectivity index (χ1n) is 7.63. The van der Waals surface area contributed by atoms with Crippen LogP contribution in [-0.2, 0) is 0 Å². The molecule has 0 amide bonds. The fourth-order valence-electron chi connectivity index (χ4n) is 2.77. The zero-order valence-electron chi connectivity index (χ0n) is 13.4. The highest BCUT2D eigenvalue weighted by Gasteiger charge is 2.24. The lowest BCUT2D eigenvalue weighted by Gasteiger charge is -2.40. The number of likely N-dealkylation sites (N-methyl/N-ethyl adjacent to an activating group) is 1. The summed E-state index contributed by atoms with van der Waals surface area (Å²) in [6, 6.07) is 2.44. The molecule has 2 rings (SSSR count). The molecule has 1 unspecified atom stereocenters. The monoisotopic (exact) mass is 311 g/mol. The minimum absolute atomic E-state index is 0.304. The van der Waals surface area contributed by atoms with E-state index >= 15 is 0 Å². The molecule has 0 aliphatic carbocycles. The molecule has 1 aromatic rings. The molecule has 2 heterocycles. The number of hydrogen-bond donors (Lipinski definition) is 1. The molecule has 21 heavy (non-hydrogen) atoms. The van der Waals surface area contributed by atoms with E-state index in [2.05, 4.69) is 46.0 Å². The second kappa shape index (κ2) is 7.38. The van der Waals surface area contributed by atoms with E-state index in [1.165, 1.54) is 0 Å². The van der Waals surface area contributed by atoms with Crippen LogP contribution in [0.4, 0.5) is 5.82 Å². The second-order valence-corrected chi connectivity index (χ2v) is 6.53. The van der Waals surface area contributed by atoms with Crippen molar-refractivity contribution in [3.05, 3.63) is 17.0 Å². The van der Waals surface area contributed by atoms with Gasteiger partial charge < -0.3 is 10.2 Å². The van der Waals surface area contributed by atoms with E-state index in [4.69, 9.17) is 11.6 Å². The van der Waals surface area contributed by atoms with Crippen molar-refractivity contribution in [2.75, 3.05) is 45.1 Å². The van der Waals surface area contributed by atoms with Crippen LogP contribution in [0.1, 0.15) is 19.5 Å². The van der Waals surface area contributed by atoms with Crippen LogP contribution in [-0.4, -0.2) is 65.6 Å². The molecule has 1 aliphatic heterocycles. The van der Waals surface area contributed by atoms with Gasteiger partial charge in [-0.15, -0.1) is 0 Å². The van der Waals surface area contributed by atoms with E-state index in [1.54, 1.807) is 0 Å². The molecule has 1 saturated heterocycles. The number of aryl methyl sites for hydroxylation is 1. The lowest BCUT2D eigenvalue weighted by molar-refractivity contribution is 0.0944. The third kappa shape index (κ3) is 4.80. The number of nitrogens with one attached hydrogen (secondary N) is 1. The normalized spacial score (nSPS) is 19.0. The minimum atomic E-state index is 0.304. The van der Waals surface area contributed by atoms with Crippen molar-refractivity contribution in [3.63, 3.8) is 0 Å². The number of hydrogen-bond acceptors (Lipinski definition) is 5. The predicted octanol–water partition coefficient (Wildman–Crippen LogP) is 2.12. The Morgan fingerprint density at radius 3 is 2.48 bits per heavy atom. The molecule has 0 radical (unpaired) electrons. The molecule has 5 nitrogen and oxygen atoms in total. The van der Waals surface area contributed by atoms with Gasteiger partial charge in [-0.25, -0.2) is 9.97 Å². The second-order valence-electron chi connectivity index (χ2n) is 6.20. The Morgan fingerprint density at radius 2 is 1.90 bits per heavy atom.